The molecule has 0 atom stereocenters. The molecule has 0 bridgehead atoms. The summed E-state index contributed by atoms with van der Waals surface area (Å²) in [6, 6.07) is 0. The maximum atomic E-state index is 12.3. The normalized spacial score (nSPS) is 13.4. The van der Waals surface area contributed by atoms with Gasteiger partial charge in [-0.2, -0.15) is 0 Å². The van der Waals surface area contributed by atoms with Gasteiger partial charge in [-0.05, 0) is 44.6 Å². The third kappa shape index (κ3) is 5.05. The number of nitrogens with one attached hydrogen (secondary N) is 1. The highest BCUT2D eigenvalue weighted by molar-refractivity contribution is 7.17. The SMILES string of the molecule is CCCC[NH2+]CCC(=O)Nc1sc2c(c1C(=O)OCC)CCCC2. The van der Waals surface area contributed by atoms with Gasteiger partial charge in [0.05, 0.1) is 31.7 Å². The van der Waals surface area contributed by atoms with Crippen LogP contribution in [-0.2, 0) is 22.4 Å². The monoisotopic (exact) mass is 353 g/mol. The lowest BCUT2D eigenvalue weighted by Crippen LogP contribution is -2.84. The molecule has 0 fully saturated rings. The average molecular weight is 354 g/mol. The van der Waals surface area contributed by atoms with E-state index >= 15 is 0 Å². The summed E-state index contributed by atoms with van der Waals surface area (Å²) in [6.07, 6.45) is 6.95. The van der Waals surface area contributed by atoms with Crippen molar-refractivity contribution in [1.29, 1.82) is 0 Å². The molecule has 1 aromatic heterocycles. The maximum Gasteiger partial charge on any atom is 0.341 e. The smallest absolute Gasteiger partial charge is 0.341 e. The Hall–Kier alpha value is -1.40. The number of amides is 1. The van der Waals surface area contributed by atoms with E-state index in [-0.39, 0.29) is 11.9 Å². The number of nitrogens with two attached hydrogens (primary N) is 1. The largest absolute Gasteiger partial charge is 0.462 e. The van der Waals surface area contributed by atoms with E-state index in [4.69, 9.17) is 4.74 Å². The topological polar surface area (TPSA) is 72.0 Å². The third-order valence-corrected chi connectivity index (χ3v) is 5.45. The lowest BCUT2D eigenvalue weighted by molar-refractivity contribution is -0.653. The molecule has 1 heterocycles. The second-order valence-corrected chi connectivity index (χ2v) is 7.26. The fraction of sp³-hybridized carbons (Fsp3) is 0.667. The van der Waals surface area contributed by atoms with Gasteiger partial charge in [0.15, 0.2) is 0 Å². The van der Waals surface area contributed by atoms with Crippen molar-refractivity contribution < 1.29 is 19.6 Å². The van der Waals surface area contributed by atoms with Crippen LogP contribution in [0, 0.1) is 0 Å². The van der Waals surface area contributed by atoms with E-state index in [1.54, 1.807) is 18.3 Å². The van der Waals surface area contributed by atoms with Gasteiger partial charge in [-0.25, -0.2) is 4.79 Å². The van der Waals surface area contributed by atoms with Crippen molar-refractivity contribution in [2.75, 3.05) is 25.0 Å². The van der Waals surface area contributed by atoms with Crippen LogP contribution in [0.5, 0.6) is 0 Å². The second kappa shape index (κ2) is 9.79. The zero-order chi connectivity index (χ0) is 17.4. The fourth-order valence-corrected chi connectivity index (χ4v) is 4.28. The van der Waals surface area contributed by atoms with Crippen LogP contribution in [0.2, 0.25) is 0 Å². The summed E-state index contributed by atoms with van der Waals surface area (Å²) in [7, 11) is 0. The zero-order valence-electron chi connectivity index (χ0n) is 14.8. The number of unbranched alkanes of at least 4 members (excludes halogenated alkanes) is 1. The number of rotatable bonds is 9. The predicted octanol–water partition coefficient (Wildman–Crippen LogP) is 2.50. The van der Waals surface area contributed by atoms with E-state index in [9.17, 15) is 9.59 Å². The van der Waals surface area contributed by atoms with E-state index in [1.165, 1.54) is 17.7 Å². The number of ether oxygens (including phenoxy) is 1. The molecule has 1 aromatic rings. The molecule has 0 unspecified atom stereocenters. The van der Waals surface area contributed by atoms with Crippen LogP contribution in [0.3, 0.4) is 0 Å². The van der Waals surface area contributed by atoms with Crippen LogP contribution in [-0.4, -0.2) is 31.6 Å². The third-order valence-electron chi connectivity index (χ3n) is 4.24. The molecule has 24 heavy (non-hydrogen) atoms. The van der Waals surface area contributed by atoms with Crippen LogP contribution in [0.15, 0.2) is 0 Å². The molecule has 0 saturated carbocycles. The first kappa shape index (κ1) is 18.9. The number of hydrogen-bond acceptors (Lipinski definition) is 4. The molecule has 0 spiro atoms. The molecular weight excluding hydrogens is 324 g/mol. The number of quaternary nitrogens is 1. The molecule has 1 amide bonds. The summed E-state index contributed by atoms with van der Waals surface area (Å²) >= 11 is 1.55. The molecule has 1 aliphatic carbocycles. The first-order chi connectivity index (χ1) is 11.7. The molecule has 1 aliphatic rings. The van der Waals surface area contributed by atoms with Gasteiger partial charge in [-0.1, -0.05) is 13.3 Å². The first-order valence-corrected chi connectivity index (χ1v) is 9.92. The quantitative estimate of drug-likeness (QED) is 0.529. The van der Waals surface area contributed by atoms with Crippen molar-refractivity contribution in [1.82, 2.24) is 0 Å². The van der Waals surface area contributed by atoms with E-state index in [2.05, 4.69) is 17.6 Å². The summed E-state index contributed by atoms with van der Waals surface area (Å²) in [6.45, 7) is 6.16. The second-order valence-electron chi connectivity index (χ2n) is 6.15. The lowest BCUT2D eigenvalue weighted by atomic mass is 9.95. The zero-order valence-corrected chi connectivity index (χ0v) is 15.6. The number of anilines is 1. The molecule has 5 nitrogen and oxygen atoms in total. The Kier molecular flexibility index (Phi) is 7.72. The van der Waals surface area contributed by atoms with Gasteiger partial charge in [0.25, 0.3) is 0 Å². The summed E-state index contributed by atoms with van der Waals surface area (Å²) in [5.41, 5.74) is 1.69. The Bertz CT molecular complexity index is 569. The highest BCUT2D eigenvalue weighted by Gasteiger charge is 2.27. The molecule has 6 heteroatoms. The van der Waals surface area contributed by atoms with Crippen molar-refractivity contribution in [3.05, 3.63) is 16.0 Å². The van der Waals surface area contributed by atoms with Gasteiger partial charge >= 0.3 is 5.97 Å². The predicted molar refractivity (Wildman–Crippen MR) is 96.7 cm³/mol. The van der Waals surface area contributed by atoms with Crippen LogP contribution >= 0.6 is 11.3 Å². The lowest BCUT2D eigenvalue weighted by Gasteiger charge is -2.12. The number of carbonyl (C=O) groups is 2. The van der Waals surface area contributed by atoms with Gasteiger partial charge in [-0.15, -0.1) is 11.3 Å². The van der Waals surface area contributed by atoms with Crippen LogP contribution in [0.1, 0.15) is 66.8 Å². The number of esters is 1. The Balaban J connectivity index is 2.02. The van der Waals surface area contributed by atoms with Gasteiger partial charge in [0, 0.05) is 4.88 Å². The molecule has 2 rings (SSSR count). The number of fused-ring (bicyclic) bond motifs is 1. The fourth-order valence-electron chi connectivity index (χ4n) is 2.99. The van der Waals surface area contributed by atoms with Crippen molar-refractivity contribution in [2.24, 2.45) is 0 Å². The van der Waals surface area contributed by atoms with Gasteiger partial charge in [-0.3, -0.25) is 4.79 Å². The number of hydrogen-bond donors (Lipinski definition) is 2. The molecule has 0 saturated heterocycles. The highest BCUT2D eigenvalue weighted by Crippen LogP contribution is 2.38. The summed E-state index contributed by atoms with van der Waals surface area (Å²) < 4.78 is 5.21. The number of aryl methyl sites for hydroxylation is 1. The minimum Gasteiger partial charge on any atom is -0.462 e. The molecule has 3 N–H and O–H groups in total. The van der Waals surface area contributed by atoms with Crippen molar-refractivity contribution in [3.63, 3.8) is 0 Å². The first-order valence-electron chi connectivity index (χ1n) is 9.10. The van der Waals surface area contributed by atoms with Gasteiger partial charge in [0.1, 0.15) is 5.00 Å². The molecule has 134 valence electrons. The Morgan fingerprint density at radius 1 is 1.21 bits per heavy atom. The van der Waals surface area contributed by atoms with Crippen molar-refractivity contribution in [2.45, 2.75) is 58.8 Å². The van der Waals surface area contributed by atoms with Gasteiger partial charge < -0.3 is 15.4 Å². The number of thiophene rings is 1. The van der Waals surface area contributed by atoms with Crippen LogP contribution < -0.4 is 10.6 Å². The standard InChI is InChI=1S/C18H28N2O3S/c1-3-5-11-19-12-10-15(21)20-17-16(18(22)23-4-2)13-8-6-7-9-14(13)24-17/h19H,3-12H2,1-2H3,(H,20,21)/p+1. The Morgan fingerprint density at radius 2 is 2.00 bits per heavy atom. The van der Waals surface area contributed by atoms with E-state index < -0.39 is 0 Å². The summed E-state index contributed by atoms with van der Waals surface area (Å²) in [5, 5.41) is 5.81. The molecule has 0 aliphatic heterocycles. The number of carbonyl (C=O) groups excluding carboxylic acids is 2. The van der Waals surface area contributed by atoms with Crippen molar-refractivity contribution in [3.8, 4) is 0 Å². The van der Waals surface area contributed by atoms with Crippen LogP contribution in [0.4, 0.5) is 5.00 Å². The van der Waals surface area contributed by atoms with E-state index in [0.717, 1.165) is 44.3 Å². The van der Waals surface area contributed by atoms with Crippen molar-refractivity contribution >= 4 is 28.2 Å². The maximum absolute atomic E-state index is 12.3. The summed E-state index contributed by atoms with van der Waals surface area (Å²) in [5.74, 6) is -0.325. The van der Waals surface area contributed by atoms with E-state index in [0.29, 0.717) is 23.6 Å². The van der Waals surface area contributed by atoms with Gasteiger partial charge in [0.2, 0.25) is 5.91 Å². The summed E-state index contributed by atoms with van der Waals surface area (Å²) in [4.78, 5) is 25.8. The Labute approximate surface area is 148 Å². The highest BCUT2D eigenvalue weighted by atomic mass is 32.1. The van der Waals surface area contributed by atoms with E-state index in [1.807, 2.05) is 0 Å². The molecule has 0 aromatic carbocycles. The minimum absolute atomic E-state index is 0.0214. The molecule has 0 radical (unpaired) electrons. The average Bonchev–Trinajstić information content (AvgIpc) is 2.92. The van der Waals surface area contributed by atoms with Crippen LogP contribution in [0.25, 0.3) is 0 Å². The minimum atomic E-state index is -0.304. The Morgan fingerprint density at radius 3 is 2.75 bits per heavy atom. The molecular formula is C18H29N2O3S+.